The van der Waals surface area contributed by atoms with E-state index in [1.54, 1.807) is 25.1 Å². The van der Waals surface area contributed by atoms with Gasteiger partial charge in [-0.15, -0.1) is 0 Å². The molecule has 0 aliphatic rings. The van der Waals surface area contributed by atoms with Crippen LogP contribution in [0.25, 0.3) is 10.9 Å². The van der Waals surface area contributed by atoms with Gasteiger partial charge in [-0.3, -0.25) is 4.79 Å². The SMILES string of the molecule is CC[C@@H](NC(=O)c1cc2cc(OC)c(OC)cc2[nH]1)C(=O)O. The Hall–Kier alpha value is -2.70. The topological polar surface area (TPSA) is 101 Å². The van der Waals surface area contributed by atoms with Gasteiger partial charge >= 0.3 is 5.97 Å². The second-order valence-electron chi connectivity index (χ2n) is 4.75. The summed E-state index contributed by atoms with van der Waals surface area (Å²) in [4.78, 5) is 26.1. The Morgan fingerprint density at radius 2 is 1.86 bits per heavy atom. The maximum atomic E-state index is 12.1. The van der Waals surface area contributed by atoms with Crippen molar-refractivity contribution in [2.24, 2.45) is 0 Å². The van der Waals surface area contributed by atoms with E-state index in [9.17, 15) is 9.59 Å². The number of methoxy groups -OCH3 is 2. The van der Waals surface area contributed by atoms with Gasteiger partial charge in [0.15, 0.2) is 11.5 Å². The van der Waals surface area contributed by atoms with Crippen LogP contribution in [-0.4, -0.2) is 42.2 Å². The lowest BCUT2D eigenvalue weighted by Gasteiger charge is -2.10. The summed E-state index contributed by atoms with van der Waals surface area (Å²) >= 11 is 0. The van der Waals surface area contributed by atoms with Crippen LogP contribution >= 0.6 is 0 Å². The van der Waals surface area contributed by atoms with Gasteiger partial charge < -0.3 is 24.9 Å². The van der Waals surface area contributed by atoms with Crippen LogP contribution in [0.4, 0.5) is 0 Å². The lowest BCUT2D eigenvalue weighted by Crippen LogP contribution is -2.40. The number of carboxylic acids is 1. The van der Waals surface area contributed by atoms with Crippen LogP contribution in [-0.2, 0) is 4.79 Å². The molecule has 3 N–H and O–H groups in total. The van der Waals surface area contributed by atoms with Crippen molar-refractivity contribution in [2.45, 2.75) is 19.4 Å². The lowest BCUT2D eigenvalue weighted by atomic mass is 10.2. The van der Waals surface area contributed by atoms with Crippen LogP contribution in [0, 0.1) is 0 Å². The Morgan fingerprint density at radius 3 is 2.41 bits per heavy atom. The number of carboxylic acid groups (broad SMARTS) is 1. The van der Waals surface area contributed by atoms with Crippen molar-refractivity contribution in [3.63, 3.8) is 0 Å². The normalized spacial score (nSPS) is 12.0. The van der Waals surface area contributed by atoms with Gasteiger partial charge in [-0.05, 0) is 18.6 Å². The Labute approximate surface area is 127 Å². The number of carbonyl (C=O) groups is 2. The summed E-state index contributed by atoms with van der Waals surface area (Å²) in [5, 5.41) is 12.2. The largest absolute Gasteiger partial charge is 0.493 e. The summed E-state index contributed by atoms with van der Waals surface area (Å²) in [6.07, 6.45) is 0.308. The van der Waals surface area contributed by atoms with E-state index in [1.165, 1.54) is 14.2 Å². The highest BCUT2D eigenvalue weighted by Crippen LogP contribution is 2.32. The lowest BCUT2D eigenvalue weighted by molar-refractivity contribution is -0.139. The molecule has 7 heteroatoms. The molecule has 1 aromatic carbocycles. The number of aliphatic carboxylic acids is 1. The molecule has 0 aliphatic heterocycles. The molecule has 1 amide bonds. The number of hydrogen-bond acceptors (Lipinski definition) is 4. The molecule has 2 aromatic rings. The minimum Gasteiger partial charge on any atom is -0.493 e. The molecule has 2 rings (SSSR count). The first-order valence-corrected chi connectivity index (χ1v) is 6.78. The summed E-state index contributed by atoms with van der Waals surface area (Å²) in [5.41, 5.74) is 0.983. The fourth-order valence-corrected chi connectivity index (χ4v) is 2.16. The second-order valence-corrected chi connectivity index (χ2v) is 4.75. The summed E-state index contributed by atoms with van der Waals surface area (Å²) in [6.45, 7) is 1.69. The molecule has 1 aromatic heterocycles. The number of benzene rings is 1. The summed E-state index contributed by atoms with van der Waals surface area (Å²) < 4.78 is 10.4. The molecule has 0 saturated heterocycles. The highest BCUT2D eigenvalue weighted by molar-refractivity contribution is 6.00. The Balaban J connectivity index is 2.32. The number of nitrogens with one attached hydrogen (secondary N) is 2. The average Bonchev–Trinajstić information content (AvgIpc) is 2.93. The van der Waals surface area contributed by atoms with Crippen molar-refractivity contribution in [2.75, 3.05) is 14.2 Å². The predicted molar refractivity (Wildman–Crippen MR) is 80.6 cm³/mol. The quantitative estimate of drug-likeness (QED) is 0.755. The fourth-order valence-electron chi connectivity index (χ4n) is 2.16. The van der Waals surface area contributed by atoms with Gasteiger partial charge in [0.2, 0.25) is 0 Å². The smallest absolute Gasteiger partial charge is 0.326 e. The van der Waals surface area contributed by atoms with Crippen molar-refractivity contribution < 1.29 is 24.2 Å². The van der Waals surface area contributed by atoms with Gasteiger partial charge in [-0.1, -0.05) is 6.92 Å². The molecule has 22 heavy (non-hydrogen) atoms. The summed E-state index contributed by atoms with van der Waals surface area (Å²) in [6, 6.07) is 4.19. The van der Waals surface area contributed by atoms with Crippen molar-refractivity contribution in [1.82, 2.24) is 10.3 Å². The monoisotopic (exact) mass is 306 g/mol. The number of aromatic nitrogens is 1. The molecular weight excluding hydrogens is 288 g/mol. The zero-order valence-corrected chi connectivity index (χ0v) is 12.6. The maximum absolute atomic E-state index is 12.1. The van der Waals surface area contributed by atoms with Gasteiger partial charge in [0.1, 0.15) is 11.7 Å². The molecule has 1 heterocycles. The number of H-pyrrole nitrogens is 1. The highest BCUT2D eigenvalue weighted by atomic mass is 16.5. The third-order valence-electron chi connectivity index (χ3n) is 3.38. The van der Waals surface area contributed by atoms with E-state index < -0.39 is 17.9 Å². The molecule has 0 spiro atoms. The molecule has 0 bridgehead atoms. The van der Waals surface area contributed by atoms with E-state index in [2.05, 4.69) is 10.3 Å². The molecule has 7 nitrogen and oxygen atoms in total. The number of ether oxygens (including phenoxy) is 2. The Morgan fingerprint density at radius 1 is 1.23 bits per heavy atom. The molecule has 1 atom stereocenters. The van der Waals surface area contributed by atoms with Crippen LogP contribution < -0.4 is 14.8 Å². The van der Waals surface area contributed by atoms with Crippen molar-refractivity contribution in [3.05, 3.63) is 23.9 Å². The van der Waals surface area contributed by atoms with Gasteiger partial charge in [-0.25, -0.2) is 4.79 Å². The molecule has 0 fully saturated rings. The number of rotatable bonds is 6. The van der Waals surface area contributed by atoms with Crippen LogP contribution in [0.3, 0.4) is 0 Å². The van der Waals surface area contributed by atoms with Crippen LogP contribution in [0.15, 0.2) is 18.2 Å². The number of fused-ring (bicyclic) bond motifs is 1. The molecule has 118 valence electrons. The van der Waals surface area contributed by atoms with E-state index in [1.807, 2.05) is 0 Å². The van der Waals surface area contributed by atoms with Crippen molar-refractivity contribution in [3.8, 4) is 11.5 Å². The maximum Gasteiger partial charge on any atom is 0.326 e. The first-order chi connectivity index (χ1) is 10.5. The fraction of sp³-hybridized carbons (Fsp3) is 0.333. The zero-order valence-electron chi connectivity index (χ0n) is 12.6. The first-order valence-electron chi connectivity index (χ1n) is 6.78. The average molecular weight is 306 g/mol. The van der Waals surface area contributed by atoms with Gasteiger partial charge in [0.25, 0.3) is 5.91 Å². The molecule has 0 radical (unpaired) electrons. The van der Waals surface area contributed by atoms with Crippen molar-refractivity contribution in [1.29, 1.82) is 0 Å². The van der Waals surface area contributed by atoms with Gasteiger partial charge in [0.05, 0.1) is 14.2 Å². The van der Waals surface area contributed by atoms with Crippen LogP contribution in [0.1, 0.15) is 23.8 Å². The van der Waals surface area contributed by atoms with Gasteiger partial charge in [0, 0.05) is 17.0 Å². The molecule has 0 aliphatic carbocycles. The number of hydrogen-bond donors (Lipinski definition) is 3. The zero-order chi connectivity index (χ0) is 16.3. The third-order valence-corrected chi connectivity index (χ3v) is 3.38. The first kappa shape index (κ1) is 15.7. The Bertz CT molecular complexity index is 666. The van der Waals surface area contributed by atoms with E-state index in [0.29, 0.717) is 23.4 Å². The second kappa shape index (κ2) is 6.38. The molecule has 0 unspecified atom stereocenters. The van der Waals surface area contributed by atoms with E-state index in [-0.39, 0.29) is 5.69 Å². The predicted octanol–water partition coefficient (Wildman–Crippen LogP) is 1.78. The Kier molecular flexibility index (Phi) is 4.55. The summed E-state index contributed by atoms with van der Waals surface area (Å²) in [5.74, 6) is -0.433. The minimum absolute atomic E-state index is 0.282. The van der Waals surface area contributed by atoms with E-state index >= 15 is 0 Å². The highest BCUT2D eigenvalue weighted by Gasteiger charge is 2.20. The van der Waals surface area contributed by atoms with Crippen LogP contribution in [0.5, 0.6) is 11.5 Å². The van der Waals surface area contributed by atoms with E-state index in [0.717, 1.165) is 5.39 Å². The van der Waals surface area contributed by atoms with Crippen LogP contribution in [0.2, 0.25) is 0 Å². The summed E-state index contributed by atoms with van der Waals surface area (Å²) in [7, 11) is 3.06. The van der Waals surface area contributed by atoms with Crippen molar-refractivity contribution >= 4 is 22.8 Å². The standard InChI is InChI=1S/C15H18N2O5/c1-4-9(15(19)20)17-14(18)11-5-8-6-12(21-2)13(22-3)7-10(8)16-11/h5-7,9,16H,4H2,1-3H3,(H,17,18)(H,19,20)/t9-/m1/s1. The molecule has 0 saturated carbocycles. The minimum atomic E-state index is -1.06. The molecular formula is C15H18N2O5. The third kappa shape index (κ3) is 2.98. The number of amides is 1. The number of carbonyl (C=O) groups excluding carboxylic acids is 1. The van der Waals surface area contributed by atoms with Gasteiger partial charge in [-0.2, -0.15) is 0 Å². The number of aromatic amines is 1. The van der Waals surface area contributed by atoms with E-state index in [4.69, 9.17) is 14.6 Å².